The highest BCUT2D eigenvalue weighted by Gasteiger charge is 2.34. The van der Waals surface area contributed by atoms with E-state index in [-0.39, 0.29) is 24.6 Å². The first-order valence-electron chi connectivity index (χ1n) is 8.92. The van der Waals surface area contributed by atoms with Crippen molar-refractivity contribution in [3.8, 4) is 0 Å². The van der Waals surface area contributed by atoms with Crippen molar-refractivity contribution in [3.05, 3.63) is 54.0 Å². The maximum Gasteiger partial charge on any atom is 0.413 e. The first-order chi connectivity index (χ1) is 13.6. The Kier molecular flexibility index (Phi) is 6.70. The van der Waals surface area contributed by atoms with E-state index in [1.807, 2.05) is 6.92 Å². The molecule has 2 heterocycles. The van der Waals surface area contributed by atoms with Gasteiger partial charge >= 0.3 is 6.09 Å². The van der Waals surface area contributed by atoms with Gasteiger partial charge in [0.25, 0.3) is 5.91 Å². The van der Waals surface area contributed by atoms with E-state index in [0.29, 0.717) is 11.5 Å². The van der Waals surface area contributed by atoms with Crippen molar-refractivity contribution in [2.75, 3.05) is 28.9 Å². The summed E-state index contributed by atoms with van der Waals surface area (Å²) < 4.78 is 22.3. The fourth-order valence-electron chi connectivity index (χ4n) is 2.54. The van der Waals surface area contributed by atoms with Crippen LogP contribution in [0, 0.1) is 5.82 Å². The van der Waals surface area contributed by atoms with Crippen LogP contribution in [-0.4, -0.2) is 46.8 Å². The maximum atomic E-state index is 14.1. The van der Waals surface area contributed by atoms with Crippen LogP contribution in [0.2, 0.25) is 0 Å². The van der Waals surface area contributed by atoms with Gasteiger partial charge in [-0.15, -0.1) is 0 Å². The van der Waals surface area contributed by atoms with Crippen molar-refractivity contribution in [3.63, 3.8) is 0 Å². The Labute approximate surface area is 166 Å². The summed E-state index contributed by atoms with van der Waals surface area (Å²) in [7, 11) is 0. The number of likely N-dealkylation sites (tertiary alicyclic amines) is 1. The van der Waals surface area contributed by atoms with Crippen LogP contribution < -0.4 is 10.0 Å². The summed E-state index contributed by atoms with van der Waals surface area (Å²) in [6.45, 7) is 2.57. The molecule has 0 saturated carbocycles. The average molecular weight is 404 g/mol. The van der Waals surface area contributed by atoms with E-state index in [9.17, 15) is 14.0 Å². The van der Waals surface area contributed by atoms with E-state index in [4.69, 9.17) is 4.74 Å². The van der Waals surface area contributed by atoms with E-state index in [0.717, 1.165) is 12.2 Å². The lowest BCUT2D eigenvalue weighted by molar-refractivity contribution is -0.00209. The SMILES string of the molecule is CCCSNc1ccc(C(=O)N2CC(OC(=O)Nc3ccccn3)C2)cc1F. The van der Waals surface area contributed by atoms with Crippen LogP contribution in [0.3, 0.4) is 0 Å². The van der Waals surface area contributed by atoms with Crippen molar-refractivity contribution < 1.29 is 18.7 Å². The Balaban J connectivity index is 1.46. The zero-order chi connectivity index (χ0) is 19.9. The summed E-state index contributed by atoms with van der Waals surface area (Å²) >= 11 is 1.42. The molecule has 0 radical (unpaired) electrons. The second kappa shape index (κ2) is 9.41. The molecule has 148 valence electrons. The Morgan fingerprint density at radius 2 is 2.14 bits per heavy atom. The Morgan fingerprint density at radius 1 is 1.32 bits per heavy atom. The molecule has 1 aliphatic heterocycles. The van der Waals surface area contributed by atoms with Gasteiger partial charge in [-0.2, -0.15) is 0 Å². The first kappa shape index (κ1) is 19.9. The van der Waals surface area contributed by atoms with Crippen molar-refractivity contribution in [1.82, 2.24) is 9.88 Å². The summed E-state index contributed by atoms with van der Waals surface area (Å²) in [5.74, 6) is 0.485. The van der Waals surface area contributed by atoms with Crippen LogP contribution in [0.15, 0.2) is 42.6 Å². The van der Waals surface area contributed by atoms with Gasteiger partial charge in [-0.1, -0.05) is 24.9 Å². The number of nitrogens with one attached hydrogen (secondary N) is 2. The third kappa shape index (κ3) is 5.13. The summed E-state index contributed by atoms with van der Waals surface area (Å²) in [6, 6.07) is 9.49. The molecule has 28 heavy (non-hydrogen) atoms. The Bertz CT molecular complexity index is 831. The van der Waals surface area contributed by atoms with E-state index in [2.05, 4.69) is 15.0 Å². The van der Waals surface area contributed by atoms with Gasteiger partial charge in [0.15, 0.2) is 0 Å². The molecular weight excluding hydrogens is 383 g/mol. The highest BCUT2D eigenvalue weighted by atomic mass is 32.2. The summed E-state index contributed by atoms with van der Waals surface area (Å²) in [5, 5.41) is 2.52. The number of halogens is 1. The number of ether oxygens (including phenoxy) is 1. The minimum absolute atomic E-state index is 0.264. The predicted molar refractivity (Wildman–Crippen MR) is 107 cm³/mol. The number of carbonyl (C=O) groups is 2. The van der Waals surface area contributed by atoms with Gasteiger partial charge in [-0.05, 0) is 36.8 Å². The molecule has 0 unspecified atom stereocenters. The van der Waals surface area contributed by atoms with Gasteiger partial charge in [0.05, 0.1) is 18.8 Å². The number of rotatable bonds is 7. The molecule has 2 N–H and O–H groups in total. The number of anilines is 2. The Hall–Kier alpha value is -2.81. The second-order valence-electron chi connectivity index (χ2n) is 6.22. The number of aromatic nitrogens is 1. The van der Waals surface area contributed by atoms with E-state index < -0.39 is 18.0 Å². The number of hydrogen-bond acceptors (Lipinski definition) is 6. The van der Waals surface area contributed by atoms with Crippen molar-refractivity contribution in [2.24, 2.45) is 0 Å². The summed E-state index contributed by atoms with van der Waals surface area (Å²) in [6.07, 6.45) is 1.51. The highest BCUT2D eigenvalue weighted by molar-refractivity contribution is 8.00. The van der Waals surface area contributed by atoms with E-state index in [1.165, 1.54) is 22.9 Å². The third-order valence-electron chi connectivity index (χ3n) is 4.01. The molecule has 0 bridgehead atoms. The van der Waals surface area contributed by atoms with Crippen molar-refractivity contribution in [2.45, 2.75) is 19.4 Å². The van der Waals surface area contributed by atoms with Crippen LogP contribution in [-0.2, 0) is 4.74 Å². The quantitative estimate of drug-likeness (QED) is 0.540. The van der Waals surface area contributed by atoms with Crippen LogP contribution in [0.4, 0.5) is 20.7 Å². The molecule has 1 aromatic carbocycles. The molecule has 0 aliphatic carbocycles. The molecule has 7 nitrogen and oxygen atoms in total. The lowest BCUT2D eigenvalue weighted by Crippen LogP contribution is -2.55. The minimum Gasteiger partial charge on any atom is -0.442 e. The third-order valence-corrected chi connectivity index (χ3v) is 4.98. The molecule has 9 heteroatoms. The van der Waals surface area contributed by atoms with Gasteiger partial charge in [-0.3, -0.25) is 10.1 Å². The minimum atomic E-state index is -0.623. The van der Waals surface area contributed by atoms with Crippen molar-refractivity contribution in [1.29, 1.82) is 0 Å². The largest absolute Gasteiger partial charge is 0.442 e. The van der Waals surface area contributed by atoms with Gasteiger partial charge < -0.3 is 14.4 Å². The lowest BCUT2D eigenvalue weighted by atomic mass is 10.1. The topological polar surface area (TPSA) is 83.6 Å². The van der Waals surface area contributed by atoms with Crippen LogP contribution in [0.25, 0.3) is 0 Å². The predicted octanol–water partition coefficient (Wildman–Crippen LogP) is 3.76. The fraction of sp³-hybridized carbons (Fsp3) is 0.316. The van der Waals surface area contributed by atoms with E-state index >= 15 is 0 Å². The second-order valence-corrected chi connectivity index (χ2v) is 7.12. The molecule has 3 rings (SSSR count). The molecule has 0 spiro atoms. The number of pyridine rings is 1. The fourth-order valence-corrected chi connectivity index (χ4v) is 3.17. The average Bonchev–Trinajstić information content (AvgIpc) is 2.66. The number of amides is 2. The van der Waals surface area contributed by atoms with Crippen LogP contribution in [0.1, 0.15) is 23.7 Å². The molecule has 2 amide bonds. The molecule has 0 atom stereocenters. The zero-order valence-corrected chi connectivity index (χ0v) is 16.2. The first-order valence-corrected chi connectivity index (χ1v) is 9.90. The number of hydrogen-bond donors (Lipinski definition) is 2. The molecule has 1 fully saturated rings. The molecular formula is C19H21FN4O3S. The highest BCUT2D eigenvalue weighted by Crippen LogP contribution is 2.22. The number of carbonyl (C=O) groups excluding carboxylic acids is 2. The maximum absolute atomic E-state index is 14.1. The monoisotopic (exact) mass is 404 g/mol. The normalized spacial score (nSPS) is 13.6. The van der Waals surface area contributed by atoms with Crippen LogP contribution >= 0.6 is 11.9 Å². The van der Waals surface area contributed by atoms with Crippen LogP contribution in [0.5, 0.6) is 0 Å². The molecule has 2 aromatic rings. The number of benzene rings is 1. The number of nitrogens with zero attached hydrogens (tertiary/aromatic N) is 2. The smallest absolute Gasteiger partial charge is 0.413 e. The molecule has 1 aromatic heterocycles. The summed E-state index contributed by atoms with van der Waals surface area (Å²) in [5.41, 5.74) is 0.617. The standard InChI is InChI=1S/C19H21FN4O3S/c1-2-9-28-23-16-7-6-13(10-15(16)20)18(25)24-11-14(12-24)27-19(26)22-17-5-3-4-8-21-17/h3-8,10,14,23H,2,9,11-12H2,1H3,(H,21,22,26). The lowest BCUT2D eigenvalue weighted by Gasteiger charge is -2.38. The van der Waals surface area contributed by atoms with Gasteiger partial charge in [0.1, 0.15) is 17.7 Å². The van der Waals surface area contributed by atoms with Gasteiger partial charge in [0.2, 0.25) is 0 Å². The van der Waals surface area contributed by atoms with Gasteiger partial charge in [-0.25, -0.2) is 14.2 Å². The molecule has 1 saturated heterocycles. The van der Waals surface area contributed by atoms with E-state index in [1.54, 1.807) is 36.5 Å². The van der Waals surface area contributed by atoms with Gasteiger partial charge in [0, 0.05) is 17.5 Å². The van der Waals surface area contributed by atoms with Crippen molar-refractivity contribution >= 4 is 35.5 Å². The summed E-state index contributed by atoms with van der Waals surface area (Å²) in [4.78, 5) is 29.7. The molecule has 1 aliphatic rings. The zero-order valence-electron chi connectivity index (χ0n) is 15.4. The Morgan fingerprint density at radius 3 is 2.82 bits per heavy atom.